The van der Waals surface area contributed by atoms with E-state index in [-0.39, 0.29) is 24.1 Å². The molecule has 4 saturated carbocycles. The summed E-state index contributed by atoms with van der Waals surface area (Å²) in [6, 6.07) is 0. The number of hydrogen-bond donors (Lipinski definition) is 0. The molecular formula is C23H36O4. The highest BCUT2D eigenvalue weighted by molar-refractivity contribution is 5.79. The molecule has 0 spiro atoms. The zero-order valence-corrected chi connectivity index (χ0v) is 17.3. The molecule has 4 nitrogen and oxygen atoms in total. The van der Waals surface area contributed by atoms with E-state index in [1.54, 1.807) is 0 Å². The summed E-state index contributed by atoms with van der Waals surface area (Å²) >= 11 is 0. The molecule has 4 aliphatic rings. The number of carbonyl (C=O) groups is 2. The van der Waals surface area contributed by atoms with Crippen LogP contribution in [-0.4, -0.2) is 31.1 Å². The van der Waals surface area contributed by atoms with E-state index in [0.29, 0.717) is 29.6 Å². The highest BCUT2D eigenvalue weighted by Crippen LogP contribution is 2.66. The number of Topliss-reactive ketones (excluding diaryl/α,β-unsaturated/α-hetero) is 1. The summed E-state index contributed by atoms with van der Waals surface area (Å²) in [5.41, 5.74) is 0.559. The highest BCUT2D eigenvalue weighted by atomic mass is 16.6. The lowest BCUT2D eigenvalue weighted by Gasteiger charge is -2.60. The molecule has 4 fully saturated rings. The average molecular weight is 377 g/mol. The van der Waals surface area contributed by atoms with Crippen LogP contribution in [0.5, 0.6) is 0 Å². The molecule has 0 aromatic rings. The van der Waals surface area contributed by atoms with Gasteiger partial charge in [0.2, 0.25) is 0 Å². The summed E-state index contributed by atoms with van der Waals surface area (Å²) in [6.45, 7) is 7.25. The fourth-order valence-electron chi connectivity index (χ4n) is 7.64. The fraction of sp³-hybridized carbons (Fsp3) is 0.913. The Bertz CT molecular complexity index is 601. The number of esters is 1. The van der Waals surface area contributed by atoms with E-state index >= 15 is 0 Å². The highest BCUT2D eigenvalue weighted by Gasteiger charge is 2.60. The predicted molar refractivity (Wildman–Crippen MR) is 103 cm³/mol. The molecule has 27 heavy (non-hydrogen) atoms. The largest absolute Gasteiger partial charge is 0.464 e. The molecule has 0 N–H and O–H groups in total. The molecule has 4 rings (SSSR count). The summed E-state index contributed by atoms with van der Waals surface area (Å²) < 4.78 is 11.1. The van der Waals surface area contributed by atoms with Crippen LogP contribution < -0.4 is 0 Å². The van der Waals surface area contributed by atoms with E-state index in [1.807, 2.05) is 6.92 Å². The second-order valence-corrected chi connectivity index (χ2v) is 10.1. The van der Waals surface area contributed by atoms with Gasteiger partial charge in [-0.1, -0.05) is 13.8 Å². The molecule has 0 aromatic heterocycles. The van der Waals surface area contributed by atoms with Crippen LogP contribution in [0.3, 0.4) is 0 Å². The quantitative estimate of drug-likeness (QED) is 0.676. The Morgan fingerprint density at radius 1 is 1.04 bits per heavy atom. The van der Waals surface area contributed by atoms with Crippen LogP contribution in [0.2, 0.25) is 0 Å². The smallest absolute Gasteiger partial charge is 0.332 e. The van der Waals surface area contributed by atoms with E-state index in [9.17, 15) is 9.59 Å². The average Bonchev–Trinajstić information content (AvgIpc) is 2.97. The van der Waals surface area contributed by atoms with Crippen LogP contribution in [0.1, 0.15) is 78.6 Å². The maximum atomic E-state index is 12.0. The van der Waals surface area contributed by atoms with Crippen LogP contribution in [0.4, 0.5) is 0 Å². The van der Waals surface area contributed by atoms with Gasteiger partial charge in [-0.05, 0) is 86.4 Å². The second kappa shape index (κ2) is 7.17. The Morgan fingerprint density at radius 2 is 1.81 bits per heavy atom. The zero-order chi connectivity index (χ0) is 19.2. The first kappa shape index (κ1) is 19.4. The van der Waals surface area contributed by atoms with E-state index in [4.69, 9.17) is 9.47 Å². The minimum atomic E-state index is -0.238. The van der Waals surface area contributed by atoms with Gasteiger partial charge < -0.3 is 9.47 Å². The molecule has 7 atom stereocenters. The van der Waals surface area contributed by atoms with Gasteiger partial charge in [0.25, 0.3) is 0 Å². The normalized spacial score (nSPS) is 46.3. The molecule has 0 unspecified atom stereocenters. The van der Waals surface area contributed by atoms with Crippen LogP contribution >= 0.6 is 0 Å². The van der Waals surface area contributed by atoms with Crippen LogP contribution in [0.25, 0.3) is 0 Å². The molecule has 152 valence electrons. The number of ether oxygens (including phenoxy) is 2. The molecule has 0 aromatic carbocycles. The van der Waals surface area contributed by atoms with E-state index in [1.165, 1.54) is 32.1 Å². The van der Waals surface area contributed by atoms with Crippen LogP contribution in [0, 0.1) is 34.5 Å². The number of rotatable bonds is 4. The van der Waals surface area contributed by atoms with Gasteiger partial charge in [0.05, 0.1) is 12.7 Å². The zero-order valence-electron chi connectivity index (χ0n) is 17.3. The predicted octanol–water partition coefficient (Wildman–Crippen LogP) is 4.55. The van der Waals surface area contributed by atoms with Crippen molar-refractivity contribution in [3.05, 3.63) is 0 Å². The maximum absolute atomic E-state index is 12.0. The third-order valence-electron chi connectivity index (χ3n) is 9.10. The third kappa shape index (κ3) is 3.16. The van der Waals surface area contributed by atoms with Gasteiger partial charge in [0, 0.05) is 12.8 Å². The lowest BCUT2D eigenvalue weighted by atomic mass is 9.45. The van der Waals surface area contributed by atoms with Crippen molar-refractivity contribution in [2.24, 2.45) is 34.5 Å². The van der Waals surface area contributed by atoms with Crippen molar-refractivity contribution >= 4 is 11.8 Å². The number of carbonyl (C=O) groups excluding carboxylic acids is 2. The van der Waals surface area contributed by atoms with Gasteiger partial charge in [0.15, 0.2) is 0 Å². The van der Waals surface area contributed by atoms with Crippen molar-refractivity contribution in [2.75, 3.05) is 13.2 Å². The minimum Gasteiger partial charge on any atom is -0.464 e. The molecule has 0 saturated heterocycles. The Labute approximate surface area is 163 Å². The van der Waals surface area contributed by atoms with Crippen LogP contribution in [-0.2, 0) is 19.1 Å². The molecule has 0 radical (unpaired) electrons. The van der Waals surface area contributed by atoms with Crippen molar-refractivity contribution in [1.82, 2.24) is 0 Å². The van der Waals surface area contributed by atoms with Crippen molar-refractivity contribution in [2.45, 2.75) is 84.7 Å². The van der Waals surface area contributed by atoms with E-state index in [0.717, 1.165) is 37.5 Å². The number of ketones is 1. The number of fused-ring (bicyclic) bond motifs is 5. The summed E-state index contributed by atoms with van der Waals surface area (Å²) in [5.74, 6) is 3.11. The lowest BCUT2D eigenvalue weighted by molar-refractivity contribution is -0.160. The van der Waals surface area contributed by atoms with Gasteiger partial charge in [-0.15, -0.1) is 0 Å². The Hall–Kier alpha value is -0.900. The van der Waals surface area contributed by atoms with E-state index < -0.39 is 0 Å². The summed E-state index contributed by atoms with van der Waals surface area (Å²) in [5, 5.41) is 0. The molecule has 4 heteroatoms. The van der Waals surface area contributed by atoms with Gasteiger partial charge in [-0.3, -0.25) is 4.79 Å². The summed E-state index contributed by atoms with van der Waals surface area (Å²) in [6.07, 6.45) is 10.2. The molecular weight excluding hydrogens is 340 g/mol. The topological polar surface area (TPSA) is 52.6 Å². The van der Waals surface area contributed by atoms with Crippen molar-refractivity contribution in [3.63, 3.8) is 0 Å². The number of hydrogen-bond acceptors (Lipinski definition) is 4. The summed E-state index contributed by atoms with van der Waals surface area (Å²) in [4.78, 5) is 23.8. The maximum Gasteiger partial charge on any atom is 0.332 e. The standard InChI is InChI=1S/C23H36O4/c1-4-26-21(25)14-27-20-8-7-18-17-6-5-15-13-16(24)9-11-22(15,2)19(17)10-12-23(18,20)3/h15,17-20H,4-14H2,1-3H3/t15-,17-,18-,19-,20-,22-,23-/m0/s1. The fourth-order valence-corrected chi connectivity index (χ4v) is 7.64. The lowest BCUT2D eigenvalue weighted by Crippen LogP contribution is -2.54. The SMILES string of the molecule is CCOC(=O)CO[C@H]1CC[C@H]2[C@@H]3CC[C@H]4CC(=O)CC[C@]4(C)[C@H]3CC[C@]12C. The first-order valence-electron chi connectivity index (χ1n) is 11.2. The monoisotopic (exact) mass is 376 g/mol. The first-order valence-corrected chi connectivity index (χ1v) is 11.2. The molecule has 0 heterocycles. The first-order chi connectivity index (χ1) is 12.9. The van der Waals surface area contributed by atoms with Gasteiger partial charge in [-0.2, -0.15) is 0 Å². The second-order valence-electron chi connectivity index (χ2n) is 10.1. The minimum absolute atomic E-state index is 0.0941. The molecule has 0 amide bonds. The van der Waals surface area contributed by atoms with Crippen LogP contribution in [0.15, 0.2) is 0 Å². The molecule has 0 aliphatic heterocycles. The van der Waals surface area contributed by atoms with Gasteiger partial charge in [0.1, 0.15) is 12.4 Å². The van der Waals surface area contributed by atoms with Crippen molar-refractivity contribution in [3.8, 4) is 0 Å². The Morgan fingerprint density at radius 3 is 2.59 bits per heavy atom. The van der Waals surface area contributed by atoms with Gasteiger partial charge in [-0.25, -0.2) is 4.79 Å². The molecule has 4 aliphatic carbocycles. The summed E-state index contributed by atoms with van der Waals surface area (Å²) in [7, 11) is 0. The molecule has 0 bridgehead atoms. The van der Waals surface area contributed by atoms with Crippen molar-refractivity contribution in [1.29, 1.82) is 0 Å². The van der Waals surface area contributed by atoms with Gasteiger partial charge >= 0.3 is 5.97 Å². The Balaban J connectivity index is 1.47. The van der Waals surface area contributed by atoms with E-state index in [2.05, 4.69) is 13.8 Å². The Kier molecular flexibility index (Phi) is 5.15. The van der Waals surface area contributed by atoms with Crippen molar-refractivity contribution < 1.29 is 19.1 Å². The third-order valence-corrected chi connectivity index (χ3v) is 9.10.